The van der Waals surface area contributed by atoms with Crippen molar-refractivity contribution in [3.8, 4) is 11.3 Å². The molecule has 0 aliphatic carbocycles. The number of aromatic amines is 1. The zero-order valence-electron chi connectivity index (χ0n) is 17.4. The molecule has 5 rings (SSSR count). The van der Waals surface area contributed by atoms with Gasteiger partial charge < -0.3 is 16.0 Å². The third-order valence-electron chi connectivity index (χ3n) is 5.40. The van der Waals surface area contributed by atoms with Gasteiger partial charge in [-0.1, -0.05) is 60.7 Å². The Kier molecular flexibility index (Phi) is 5.14. The number of rotatable bonds is 5. The molecule has 0 atom stereocenters. The minimum atomic E-state index is -0.177. The summed E-state index contributed by atoms with van der Waals surface area (Å²) in [5.74, 6) is -0.177. The lowest BCUT2D eigenvalue weighted by atomic mass is 10.1. The molecule has 2 heterocycles. The van der Waals surface area contributed by atoms with E-state index in [1.807, 2.05) is 72.8 Å². The summed E-state index contributed by atoms with van der Waals surface area (Å²) in [5, 5.41) is 5.17. The molecule has 0 spiro atoms. The maximum Gasteiger partial charge on any atom is 0.244 e. The standard InChI is InChI=1S/C27H22N4O/c28-20-13-10-18(11-14-20)12-15-25(32)29-17-21-16-23-22-8-4-5-9-24(22)31-27(23)26(30-21)19-6-2-1-3-7-19/h1-16,31H,17,28H2,(H,29,32)/b15-12+. The van der Waals surface area contributed by atoms with Crippen LogP contribution in [0.4, 0.5) is 5.69 Å². The predicted molar refractivity (Wildman–Crippen MR) is 131 cm³/mol. The number of anilines is 1. The summed E-state index contributed by atoms with van der Waals surface area (Å²) in [7, 11) is 0. The molecule has 5 heteroatoms. The van der Waals surface area contributed by atoms with Gasteiger partial charge in [0.25, 0.3) is 0 Å². The van der Waals surface area contributed by atoms with Gasteiger partial charge in [-0.15, -0.1) is 0 Å². The Morgan fingerprint density at radius 2 is 1.69 bits per heavy atom. The van der Waals surface area contributed by atoms with Crippen LogP contribution in [0.1, 0.15) is 11.3 Å². The number of H-pyrrole nitrogens is 1. The largest absolute Gasteiger partial charge is 0.399 e. The molecule has 0 aliphatic rings. The summed E-state index contributed by atoms with van der Waals surface area (Å²) in [5.41, 5.74) is 12.1. The van der Waals surface area contributed by atoms with Crippen LogP contribution in [-0.4, -0.2) is 15.9 Å². The zero-order valence-corrected chi connectivity index (χ0v) is 17.4. The van der Waals surface area contributed by atoms with Crippen LogP contribution in [0.2, 0.25) is 0 Å². The monoisotopic (exact) mass is 418 g/mol. The van der Waals surface area contributed by atoms with Crippen LogP contribution in [0, 0.1) is 0 Å². The minimum absolute atomic E-state index is 0.177. The van der Waals surface area contributed by atoms with E-state index in [2.05, 4.69) is 22.4 Å². The van der Waals surface area contributed by atoms with E-state index in [1.54, 1.807) is 6.08 Å². The quantitative estimate of drug-likeness (QED) is 0.268. The third-order valence-corrected chi connectivity index (χ3v) is 5.40. The lowest BCUT2D eigenvalue weighted by molar-refractivity contribution is -0.116. The first-order valence-electron chi connectivity index (χ1n) is 10.4. The van der Waals surface area contributed by atoms with Crippen LogP contribution in [0.25, 0.3) is 39.1 Å². The Bertz CT molecular complexity index is 1430. The number of benzene rings is 3. The molecule has 4 N–H and O–H groups in total. The summed E-state index contributed by atoms with van der Waals surface area (Å²) in [6.45, 7) is 0.334. The van der Waals surface area contributed by atoms with Crippen LogP contribution < -0.4 is 11.1 Å². The minimum Gasteiger partial charge on any atom is -0.399 e. The van der Waals surface area contributed by atoms with Crippen molar-refractivity contribution in [3.05, 3.63) is 102 Å². The number of pyridine rings is 1. The van der Waals surface area contributed by atoms with Crippen molar-refractivity contribution in [2.24, 2.45) is 0 Å². The van der Waals surface area contributed by atoms with Crippen LogP contribution in [0.3, 0.4) is 0 Å². The zero-order chi connectivity index (χ0) is 21.9. The molecule has 0 fully saturated rings. The highest BCUT2D eigenvalue weighted by Gasteiger charge is 2.13. The highest BCUT2D eigenvalue weighted by atomic mass is 16.1. The SMILES string of the molecule is Nc1ccc(/C=C/C(=O)NCc2cc3c([nH]c4ccccc43)c(-c3ccccc3)n2)cc1. The number of carbonyl (C=O) groups excluding carboxylic acids is 1. The second kappa shape index (κ2) is 8.40. The van der Waals surface area contributed by atoms with Crippen LogP contribution in [0.15, 0.2) is 91.0 Å². The maximum absolute atomic E-state index is 12.4. The molecule has 32 heavy (non-hydrogen) atoms. The molecule has 2 aromatic heterocycles. The number of nitrogens with two attached hydrogens (primary N) is 1. The molecular weight excluding hydrogens is 396 g/mol. The lowest BCUT2D eigenvalue weighted by Gasteiger charge is -2.08. The van der Waals surface area contributed by atoms with Gasteiger partial charge in [0.05, 0.1) is 23.4 Å². The lowest BCUT2D eigenvalue weighted by Crippen LogP contribution is -2.21. The molecule has 156 valence electrons. The molecule has 5 nitrogen and oxygen atoms in total. The normalized spacial score (nSPS) is 11.4. The molecular formula is C27H22N4O. The Morgan fingerprint density at radius 1 is 0.938 bits per heavy atom. The van der Waals surface area contributed by atoms with Crippen molar-refractivity contribution in [1.29, 1.82) is 0 Å². The molecule has 5 aromatic rings. The molecule has 0 unspecified atom stereocenters. The van der Waals surface area contributed by atoms with E-state index in [-0.39, 0.29) is 5.91 Å². The second-order valence-electron chi connectivity index (χ2n) is 7.64. The Labute approximate surface area is 185 Å². The van der Waals surface area contributed by atoms with E-state index in [9.17, 15) is 4.79 Å². The van der Waals surface area contributed by atoms with Crippen LogP contribution in [0.5, 0.6) is 0 Å². The van der Waals surface area contributed by atoms with Gasteiger partial charge in [0.2, 0.25) is 5.91 Å². The molecule has 0 radical (unpaired) electrons. The number of nitrogens with one attached hydrogen (secondary N) is 2. The number of fused-ring (bicyclic) bond motifs is 3. The third kappa shape index (κ3) is 3.96. The summed E-state index contributed by atoms with van der Waals surface area (Å²) in [6.07, 6.45) is 3.29. The molecule has 1 amide bonds. The maximum atomic E-state index is 12.4. The van der Waals surface area contributed by atoms with Crippen molar-refractivity contribution in [1.82, 2.24) is 15.3 Å². The Hall–Kier alpha value is -4.38. The van der Waals surface area contributed by atoms with Crippen LogP contribution >= 0.6 is 0 Å². The molecule has 0 aliphatic heterocycles. The average Bonchev–Trinajstić information content (AvgIpc) is 3.21. The fraction of sp³-hybridized carbons (Fsp3) is 0.0370. The number of para-hydroxylation sites is 1. The number of nitrogen functional groups attached to an aromatic ring is 1. The average molecular weight is 419 g/mol. The highest BCUT2D eigenvalue weighted by molar-refractivity contribution is 6.11. The summed E-state index contributed by atoms with van der Waals surface area (Å²) < 4.78 is 0. The van der Waals surface area contributed by atoms with Crippen molar-refractivity contribution in [2.45, 2.75) is 6.54 Å². The number of carbonyl (C=O) groups is 1. The van der Waals surface area contributed by atoms with Gasteiger partial charge in [-0.3, -0.25) is 4.79 Å². The first-order valence-corrected chi connectivity index (χ1v) is 10.4. The van der Waals surface area contributed by atoms with Gasteiger partial charge in [0.1, 0.15) is 0 Å². The molecule has 0 saturated carbocycles. The fourth-order valence-electron chi connectivity index (χ4n) is 3.81. The number of hydrogen-bond acceptors (Lipinski definition) is 3. The second-order valence-corrected chi connectivity index (χ2v) is 7.64. The highest BCUT2D eigenvalue weighted by Crippen LogP contribution is 2.32. The van der Waals surface area contributed by atoms with Gasteiger partial charge >= 0.3 is 0 Å². The predicted octanol–water partition coefficient (Wildman–Crippen LogP) is 5.29. The van der Waals surface area contributed by atoms with Crippen LogP contribution in [-0.2, 0) is 11.3 Å². The van der Waals surface area contributed by atoms with E-state index < -0.39 is 0 Å². The van der Waals surface area contributed by atoms with Crippen molar-refractivity contribution in [3.63, 3.8) is 0 Å². The van der Waals surface area contributed by atoms with Gasteiger partial charge in [-0.05, 0) is 35.9 Å². The van der Waals surface area contributed by atoms with Gasteiger partial charge in [0.15, 0.2) is 0 Å². The Morgan fingerprint density at radius 3 is 2.50 bits per heavy atom. The van der Waals surface area contributed by atoms with E-state index in [0.29, 0.717) is 12.2 Å². The van der Waals surface area contributed by atoms with Gasteiger partial charge in [0, 0.05) is 33.6 Å². The van der Waals surface area contributed by atoms with Crippen molar-refractivity contribution in [2.75, 3.05) is 5.73 Å². The smallest absolute Gasteiger partial charge is 0.244 e. The molecule has 0 saturated heterocycles. The summed E-state index contributed by atoms with van der Waals surface area (Å²) in [6, 6.07) is 27.7. The Balaban J connectivity index is 1.45. The van der Waals surface area contributed by atoms with Crippen molar-refractivity contribution >= 4 is 39.5 Å². The van der Waals surface area contributed by atoms with E-state index in [4.69, 9.17) is 10.7 Å². The van der Waals surface area contributed by atoms with Crippen molar-refractivity contribution < 1.29 is 4.79 Å². The van der Waals surface area contributed by atoms with Gasteiger partial charge in [-0.25, -0.2) is 4.98 Å². The fourth-order valence-corrected chi connectivity index (χ4v) is 3.81. The summed E-state index contributed by atoms with van der Waals surface area (Å²) in [4.78, 5) is 20.8. The number of hydrogen-bond donors (Lipinski definition) is 3. The van der Waals surface area contributed by atoms with E-state index in [1.165, 1.54) is 6.08 Å². The van der Waals surface area contributed by atoms with E-state index >= 15 is 0 Å². The number of aromatic nitrogens is 2. The first kappa shape index (κ1) is 19.6. The van der Waals surface area contributed by atoms with E-state index in [0.717, 1.165) is 44.3 Å². The first-order chi connectivity index (χ1) is 15.7. The number of amides is 1. The molecule has 3 aromatic carbocycles. The topological polar surface area (TPSA) is 83.8 Å². The summed E-state index contributed by atoms with van der Waals surface area (Å²) >= 11 is 0. The van der Waals surface area contributed by atoms with Gasteiger partial charge in [-0.2, -0.15) is 0 Å². The number of nitrogens with zero attached hydrogens (tertiary/aromatic N) is 1. The molecule has 0 bridgehead atoms.